The highest BCUT2D eigenvalue weighted by Crippen LogP contribution is 2.35. The third kappa shape index (κ3) is 5.38. The molecule has 0 saturated carbocycles. The van der Waals surface area contributed by atoms with Crippen molar-refractivity contribution in [1.29, 1.82) is 0 Å². The van der Waals surface area contributed by atoms with Gasteiger partial charge in [-0.2, -0.15) is 0 Å². The summed E-state index contributed by atoms with van der Waals surface area (Å²) >= 11 is 7.58. The lowest BCUT2D eigenvalue weighted by atomic mass is 10.1. The average Bonchev–Trinajstić information content (AvgIpc) is 2.98. The first-order chi connectivity index (χ1) is 11.9. The second-order valence-electron chi connectivity index (χ2n) is 6.67. The quantitative estimate of drug-likeness (QED) is 0.509. The van der Waals surface area contributed by atoms with Crippen molar-refractivity contribution in [1.82, 2.24) is 4.90 Å². The first kappa shape index (κ1) is 20.1. The SMILES string of the molecule is CCCCOC(=O)C1CSC(CC(C)C)N1C(=O)c1ccc(Cl)cc1. The van der Waals surface area contributed by atoms with E-state index in [2.05, 4.69) is 13.8 Å². The number of hydrogen-bond acceptors (Lipinski definition) is 4. The second kappa shape index (κ2) is 9.48. The molecule has 0 bridgehead atoms. The third-order valence-corrected chi connectivity index (χ3v) is 5.67. The number of carbonyl (C=O) groups is 2. The van der Waals surface area contributed by atoms with Crippen LogP contribution < -0.4 is 0 Å². The van der Waals surface area contributed by atoms with Crippen molar-refractivity contribution in [2.75, 3.05) is 12.4 Å². The predicted molar refractivity (Wildman–Crippen MR) is 103 cm³/mol. The number of hydrogen-bond donors (Lipinski definition) is 0. The Morgan fingerprint density at radius 1 is 1.32 bits per heavy atom. The molecule has 2 unspecified atom stereocenters. The van der Waals surface area contributed by atoms with Crippen LogP contribution in [0.5, 0.6) is 0 Å². The lowest BCUT2D eigenvalue weighted by molar-refractivity contribution is -0.148. The summed E-state index contributed by atoms with van der Waals surface area (Å²) in [4.78, 5) is 27.3. The molecule has 2 atom stereocenters. The van der Waals surface area contributed by atoms with Crippen LogP contribution >= 0.6 is 23.4 Å². The minimum Gasteiger partial charge on any atom is -0.464 e. The molecule has 0 N–H and O–H groups in total. The zero-order valence-electron chi connectivity index (χ0n) is 15.0. The maximum absolute atomic E-state index is 13.1. The van der Waals surface area contributed by atoms with Gasteiger partial charge in [0, 0.05) is 16.3 Å². The summed E-state index contributed by atoms with van der Waals surface area (Å²) in [7, 11) is 0. The van der Waals surface area contributed by atoms with E-state index < -0.39 is 6.04 Å². The number of carbonyl (C=O) groups excluding carboxylic acids is 2. The van der Waals surface area contributed by atoms with E-state index in [0.717, 1.165) is 19.3 Å². The number of thioether (sulfide) groups is 1. The van der Waals surface area contributed by atoms with Gasteiger partial charge in [-0.3, -0.25) is 4.79 Å². The van der Waals surface area contributed by atoms with Crippen LogP contribution in [0.15, 0.2) is 24.3 Å². The molecule has 6 heteroatoms. The van der Waals surface area contributed by atoms with Crippen LogP contribution in [0.3, 0.4) is 0 Å². The maximum atomic E-state index is 13.1. The van der Waals surface area contributed by atoms with Crippen molar-refractivity contribution in [3.8, 4) is 0 Å². The van der Waals surface area contributed by atoms with Crippen molar-refractivity contribution < 1.29 is 14.3 Å². The number of amides is 1. The number of esters is 1. The summed E-state index contributed by atoms with van der Waals surface area (Å²) in [6, 6.07) is 6.29. The van der Waals surface area contributed by atoms with Gasteiger partial charge in [-0.25, -0.2) is 4.79 Å². The minimum absolute atomic E-state index is 0.00750. The van der Waals surface area contributed by atoms with Gasteiger partial charge in [0.25, 0.3) is 5.91 Å². The largest absolute Gasteiger partial charge is 0.464 e. The molecule has 138 valence electrons. The Labute approximate surface area is 159 Å². The Morgan fingerprint density at radius 2 is 2.00 bits per heavy atom. The number of benzene rings is 1. The zero-order chi connectivity index (χ0) is 18.4. The van der Waals surface area contributed by atoms with E-state index in [0.29, 0.717) is 28.9 Å². The Balaban J connectivity index is 2.19. The van der Waals surface area contributed by atoms with Crippen LogP contribution in [0.2, 0.25) is 5.02 Å². The van der Waals surface area contributed by atoms with Crippen molar-refractivity contribution >= 4 is 35.2 Å². The monoisotopic (exact) mass is 383 g/mol. The fourth-order valence-corrected chi connectivity index (χ4v) is 4.51. The molecular weight excluding hydrogens is 358 g/mol. The smallest absolute Gasteiger partial charge is 0.329 e. The first-order valence-electron chi connectivity index (χ1n) is 8.80. The third-order valence-electron chi connectivity index (χ3n) is 4.11. The Bertz CT molecular complexity index is 591. The first-order valence-corrected chi connectivity index (χ1v) is 10.2. The molecule has 1 aromatic carbocycles. The van der Waals surface area contributed by atoms with E-state index in [1.165, 1.54) is 0 Å². The zero-order valence-corrected chi connectivity index (χ0v) is 16.6. The van der Waals surface area contributed by atoms with E-state index in [-0.39, 0.29) is 17.3 Å². The van der Waals surface area contributed by atoms with Gasteiger partial charge in [0.1, 0.15) is 6.04 Å². The van der Waals surface area contributed by atoms with Crippen LogP contribution in [0, 0.1) is 5.92 Å². The lowest BCUT2D eigenvalue weighted by Crippen LogP contribution is -2.46. The van der Waals surface area contributed by atoms with Gasteiger partial charge in [0.05, 0.1) is 12.0 Å². The Morgan fingerprint density at radius 3 is 2.60 bits per heavy atom. The van der Waals surface area contributed by atoms with Gasteiger partial charge < -0.3 is 9.64 Å². The van der Waals surface area contributed by atoms with Gasteiger partial charge in [0.15, 0.2) is 0 Å². The van der Waals surface area contributed by atoms with Crippen molar-refractivity contribution in [2.45, 2.75) is 51.4 Å². The van der Waals surface area contributed by atoms with Gasteiger partial charge in [-0.1, -0.05) is 38.8 Å². The fourth-order valence-electron chi connectivity index (χ4n) is 2.76. The molecule has 2 rings (SSSR count). The van der Waals surface area contributed by atoms with Crippen molar-refractivity contribution in [3.05, 3.63) is 34.9 Å². The highest BCUT2D eigenvalue weighted by Gasteiger charge is 2.42. The molecule has 0 aliphatic carbocycles. The standard InChI is InChI=1S/C19H26ClNO3S/c1-4-5-10-24-19(23)16-12-25-17(11-13(2)3)21(16)18(22)14-6-8-15(20)9-7-14/h6-9,13,16-17H,4-5,10-12H2,1-3H3. The van der Waals surface area contributed by atoms with Gasteiger partial charge in [-0.15, -0.1) is 11.8 Å². The molecule has 0 aromatic heterocycles. The van der Waals surface area contributed by atoms with E-state index >= 15 is 0 Å². The average molecular weight is 384 g/mol. The van der Waals surface area contributed by atoms with E-state index in [1.54, 1.807) is 40.9 Å². The molecule has 0 spiro atoms. The van der Waals surface area contributed by atoms with Gasteiger partial charge in [-0.05, 0) is 43.0 Å². The molecule has 1 fully saturated rings. The summed E-state index contributed by atoms with van der Waals surface area (Å²) in [6.07, 6.45) is 2.66. The summed E-state index contributed by atoms with van der Waals surface area (Å²) in [5.74, 6) is 0.592. The Hall–Kier alpha value is -1.20. The van der Waals surface area contributed by atoms with Crippen molar-refractivity contribution in [3.63, 3.8) is 0 Å². The van der Waals surface area contributed by atoms with Crippen LogP contribution in [-0.2, 0) is 9.53 Å². The van der Waals surface area contributed by atoms with Gasteiger partial charge in [0.2, 0.25) is 0 Å². The summed E-state index contributed by atoms with van der Waals surface area (Å²) in [6.45, 7) is 6.71. The van der Waals surface area contributed by atoms with Gasteiger partial charge >= 0.3 is 5.97 Å². The highest BCUT2D eigenvalue weighted by molar-refractivity contribution is 8.00. The summed E-state index contributed by atoms with van der Waals surface area (Å²) in [5.41, 5.74) is 0.548. The molecule has 1 aliphatic rings. The fraction of sp³-hybridized carbons (Fsp3) is 0.579. The molecule has 4 nitrogen and oxygen atoms in total. The van der Waals surface area contributed by atoms with E-state index in [4.69, 9.17) is 16.3 Å². The van der Waals surface area contributed by atoms with Crippen LogP contribution in [-0.4, -0.2) is 40.6 Å². The van der Waals surface area contributed by atoms with Crippen LogP contribution in [0.4, 0.5) is 0 Å². The lowest BCUT2D eigenvalue weighted by Gasteiger charge is -2.29. The topological polar surface area (TPSA) is 46.6 Å². The summed E-state index contributed by atoms with van der Waals surface area (Å²) < 4.78 is 5.39. The summed E-state index contributed by atoms with van der Waals surface area (Å²) in [5, 5.41) is 0.577. The molecule has 25 heavy (non-hydrogen) atoms. The Kier molecular flexibility index (Phi) is 7.63. The van der Waals surface area contributed by atoms with E-state index in [9.17, 15) is 9.59 Å². The molecule has 1 saturated heterocycles. The van der Waals surface area contributed by atoms with E-state index in [1.807, 2.05) is 6.92 Å². The number of ether oxygens (including phenoxy) is 1. The molecule has 1 heterocycles. The molecule has 1 amide bonds. The molecular formula is C19H26ClNO3S. The number of nitrogens with zero attached hydrogens (tertiary/aromatic N) is 1. The minimum atomic E-state index is -0.520. The number of unbranched alkanes of at least 4 members (excludes halogenated alkanes) is 1. The molecule has 1 aliphatic heterocycles. The predicted octanol–water partition coefficient (Wildman–Crippen LogP) is 4.61. The number of halogens is 1. The number of rotatable bonds is 7. The van der Waals surface area contributed by atoms with Crippen molar-refractivity contribution in [2.24, 2.45) is 5.92 Å². The second-order valence-corrected chi connectivity index (χ2v) is 8.32. The molecule has 0 radical (unpaired) electrons. The normalized spacial score (nSPS) is 20.1. The maximum Gasteiger partial charge on any atom is 0.329 e. The highest BCUT2D eigenvalue weighted by atomic mass is 35.5. The molecule has 1 aromatic rings. The van der Waals surface area contributed by atoms with Crippen LogP contribution in [0.1, 0.15) is 50.4 Å². The van der Waals surface area contributed by atoms with Crippen LogP contribution in [0.25, 0.3) is 0 Å².